The molecular formula is C22H17NO3. The van der Waals surface area contributed by atoms with Gasteiger partial charge in [-0.2, -0.15) is 0 Å². The number of amides is 3. The molecule has 2 aromatic rings. The van der Waals surface area contributed by atoms with Crippen molar-refractivity contribution in [2.24, 2.45) is 35.5 Å². The van der Waals surface area contributed by atoms with Crippen LogP contribution < -0.4 is 0 Å². The predicted molar refractivity (Wildman–Crippen MR) is 94.8 cm³/mol. The maximum atomic E-state index is 13.0. The molecule has 0 spiro atoms. The van der Waals surface area contributed by atoms with E-state index in [2.05, 4.69) is 12.2 Å². The van der Waals surface area contributed by atoms with E-state index in [0.717, 1.165) is 22.1 Å². The average Bonchev–Trinajstić information content (AvgIpc) is 3.45. The number of carbonyl (C=O) groups is 3. The SMILES string of the molecule is O=C(c1ccc2ccccc2c1)N1C(=O)[C@@H]2[C@H]3C=C[C@@H]([C@@H]4C[C@@H]34)[C@@H]2C1=O. The molecule has 4 nitrogen and oxygen atoms in total. The molecule has 1 saturated heterocycles. The van der Waals surface area contributed by atoms with Gasteiger partial charge in [0.25, 0.3) is 5.91 Å². The number of rotatable bonds is 1. The van der Waals surface area contributed by atoms with E-state index in [-0.39, 0.29) is 35.5 Å². The molecule has 2 aromatic carbocycles. The lowest BCUT2D eigenvalue weighted by Crippen LogP contribution is -2.40. The quantitative estimate of drug-likeness (QED) is 0.591. The molecule has 4 aliphatic carbocycles. The molecule has 0 N–H and O–H groups in total. The van der Waals surface area contributed by atoms with Crippen molar-refractivity contribution in [3.05, 3.63) is 60.2 Å². The van der Waals surface area contributed by atoms with Gasteiger partial charge in [0, 0.05) is 5.56 Å². The molecule has 2 saturated carbocycles. The highest BCUT2D eigenvalue weighted by Gasteiger charge is 2.67. The van der Waals surface area contributed by atoms with Crippen molar-refractivity contribution < 1.29 is 14.4 Å². The second kappa shape index (κ2) is 4.70. The minimum Gasteiger partial charge on any atom is -0.274 e. The van der Waals surface area contributed by atoms with Crippen LogP contribution in [-0.4, -0.2) is 22.6 Å². The summed E-state index contributed by atoms with van der Waals surface area (Å²) in [6, 6.07) is 13.1. The Bertz CT molecular complexity index is 1000. The van der Waals surface area contributed by atoms with Crippen LogP contribution in [0.1, 0.15) is 16.8 Å². The van der Waals surface area contributed by atoms with Crippen molar-refractivity contribution in [2.75, 3.05) is 0 Å². The zero-order valence-electron chi connectivity index (χ0n) is 14.0. The summed E-state index contributed by atoms with van der Waals surface area (Å²) in [5, 5.41) is 1.96. The average molecular weight is 343 g/mol. The Morgan fingerprint density at radius 3 is 2.12 bits per heavy atom. The Morgan fingerprint density at radius 1 is 0.846 bits per heavy atom. The van der Waals surface area contributed by atoms with Crippen LogP contribution in [0.3, 0.4) is 0 Å². The van der Waals surface area contributed by atoms with E-state index in [4.69, 9.17) is 0 Å². The molecule has 1 heterocycles. The van der Waals surface area contributed by atoms with E-state index in [9.17, 15) is 14.4 Å². The predicted octanol–water partition coefficient (Wildman–Crippen LogP) is 3.03. The van der Waals surface area contributed by atoms with Crippen LogP contribution in [0, 0.1) is 35.5 Å². The summed E-state index contributed by atoms with van der Waals surface area (Å²) in [6.07, 6.45) is 5.36. The van der Waals surface area contributed by atoms with E-state index in [1.54, 1.807) is 12.1 Å². The van der Waals surface area contributed by atoms with Crippen LogP contribution in [0.4, 0.5) is 0 Å². The maximum absolute atomic E-state index is 13.0. The van der Waals surface area contributed by atoms with Gasteiger partial charge in [0.15, 0.2) is 0 Å². The van der Waals surface area contributed by atoms with Crippen LogP contribution in [-0.2, 0) is 9.59 Å². The number of allylic oxidation sites excluding steroid dienone is 2. The van der Waals surface area contributed by atoms with Crippen LogP contribution >= 0.6 is 0 Å². The van der Waals surface area contributed by atoms with E-state index < -0.39 is 5.91 Å². The first-order valence-corrected chi connectivity index (χ1v) is 9.24. The minimum atomic E-state index is -0.478. The molecule has 5 aliphatic rings. The smallest absolute Gasteiger partial charge is 0.267 e. The number of benzene rings is 2. The lowest BCUT2D eigenvalue weighted by Gasteiger charge is -2.37. The van der Waals surface area contributed by atoms with Gasteiger partial charge >= 0.3 is 0 Å². The highest BCUT2D eigenvalue weighted by molar-refractivity contribution is 6.22. The summed E-state index contributed by atoms with van der Waals surface area (Å²) in [5.74, 6) is -0.352. The number of imide groups is 3. The Labute approximate surface area is 150 Å². The van der Waals surface area contributed by atoms with Crippen LogP contribution in [0.5, 0.6) is 0 Å². The Hall–Kier alpha value is -2.75. The Morgan fingerprint density at radius 2 is 1.46 bits per heavy atom. The van der Waals surface area contributed by atoms with Crippen LogP contribution in [0.2, 0.25) is 0 Å². The van der Waals surface area contributed by atoms with Gasteiger partial charge in [-0.15, -0.1) is 0 Å². The van der Waals surface area contributed by atoms with E-state index in [1.807, 2.05) is 30.3 Å². The van der Waals surface area contributed by atoms with Gasteiger partial charge in [-0.1, -0.05) is 42.5 Å². The Kier molecular flexibility index (Phi) is 2.61. The van der Waals surface area contributed by atoms with Crippen molar-refractivity contribution >= 4 is 28.5 Å². The zero-order valence-corrected chi connectivity index (χ0v) is 14.0. The molecule has 0 radical (unpaired) electrons. The molecular weight excluding hydrogens is 326 g/mol. The van der Waals surface area contributed by atoms with Crippen molar-refractivity contribution in [3.63, 3.8) is 0 Å². The third-order valence-electron chi connectivity index (χ3n) is 6.86. The van der Waals surface area contributed by atoms with Crippen molar-refractivity contribution in [3.8, 4) is 0 Å². The van der Waals surface area contributed by atoms with Gasteiger partial charge in [0.2, 0.25) is 11.8 Å². The van der Waals surface area contributed by atoms with E-state index >= 15 is 0 Å². The van der Waals surface area contributed by atoms with E-state index in [0.29, 0.717) is 17.4 Å². The van der Waals surface area contributed by atoms with Crippen molar-refractivity contribution in [1.82, 2.24) is 4.90 Å². The molecule has 3 fully saturated rings. The summed E-state index contributed by atoms with van der Waals surface area (Å²) in [4.78, 5) is 40.1. The molecule has 0 unspecified atom stereocenters. The minimum absolute atomic E-state index is 0.140. The summed E-state index contributed by atoms with van der Waals surface area (Å²) in [6.45, 7) is 0. The summed E-state index contributed by atoms with van der Waals surface area (Å²) in [5.41, 5.74) is 0.398. The number of hydrogen-bond acceptors (Lipinski definition) is 3. The molecule has 4 heteroatoms. The summed E-state index contributed by atoms with van der Waals surface area (Å²) >= 11 is 0. The fourth-order valence-corrected chi connectivity index (χ4v) is 5.61. The topological polar surface area (TPSA) is 54.5 Å². The highest BCUT2D eigenvalue weighted by Crippen LogP contribution is 2.65. The molecule has 7 rings (SSSR count). The monoisotopic (exact) mass is 343 g/mol. The standard InChI is InChI=1S/C22H17NO3/c24-20(13-6-5-11-3-1-2-4-12(11)9-13)23-21(25)18-14-7-8-15(17-10-16(14)17)19(18)22(23)26/h1-9,14-19H,10H2/t14-,15-,16-,17-,18-,19+/m0/s1. The first kappa shape index (κ1) is 14.4. The van der Waals surface area contributed by atoms with Crippen molar-refractivity contribution in [1.29, 1.82) is 0 Å². The zero-order chi connectivity index (χ0) is 17.6. The lowest BCUT2D eigenvalue weighted by atomic mass is 9.63. The van der Waals surface area contributed by atoms with Gasteiger partial charge in [0.05, 0.1) is 11.8 Å². The molecule has 0 aromatic heterocycles. The number of fused-ring (bicyclic) bond motifs is 1. The van der Waals surface area contributed by atoms with Gasteiger partial charge < -0.3 is 0 Å². The largest absolute Gasteiger partial charge is 0.274 e. The molecule has 3 amide bonds. The van der Waals surface area contributed by atoms with Crippen LogP contribution in [0.15, 0.2) is 54.6 Å². The van der Waals surface area contributed by atoms with Crippen molar-refractivity contribution in [2.45, 2.75) is 6.42 Å². The normalized spacial score (nSPS) is 36.4. The van der Waals surface area contributed by atoms with Gasteiger partial charge in [0.1, 0.15) is 0 Å². The highest BCUT2D eigenvalue weighted by atomic mass is 16.2. The second-order valence-electron chi connectivity index (χ2n) is 8.03. The lowest BCUT2D eigenvalue weighted by molar-refractivity contribution is -0.136. The second-order valence-corrected chi connectivity index (χ2v) is 8.03. The number of likely N-dealkylation sites (tertiary alicyclic amines) is 1. The van der Waals surface area contributed by atoms with Crippen LogP contribution in [0.25, 0.3) is 10.8 Å². The third kappa shape index (κ3) is 1.67. The first-order chi connectivity index (χ1) is 12.6. The summed E-state index contributed by atoms with van der Waals surface area (Å²) in [7, 11) is 0. The number of nitrogens with zero attached hydrogens (tertiary/aromatic N) is 1. The van der Waals surface area contributed by atoms with Gasteiger partial charge in [-0.3, -0.25) is 14.4 Å². The molecule has 2 bridgehead atoms. The van der Waals surface area contributed by atoms with E-state index in [1.165, 1.54) is 0 Å². The molecule has 128 valence electrons. The number of carbonyl (C=O) groups excluding carboxylic acids is 3. The van der Waals surface area contributed by atoms with Gasteiger partial charge in [-0.05, 0) is 53.0 Å². The fraction of sp³-hybridized carbons (Fsp3) is 0.318. The third-order valence-corrected chi connectivity index (χ3v) is 6.86. The number of hydrogen-bond donors (Lipinski definition) is 0. The maximum Gasteiger partial charge on any atom is 0.267 e. The molecule has 26 heavy (non-hydrogen) atoms. The fourth-order valence-electron chi connectivity index (χ4n) is 5.61. The summed E-state index contributed by atoms with van der Waals surface area (Å²) < 4.78 is 0. The molecule has 6 atom stereocenters. The van der Waals surface area contributed by atoms with Gasteiger partial charge in [-0.25, -0.2) is 4.90 Å². The first-order valence-electron chi connectivity index (χ1n) is 9.24. The Balaban J connectivity index is 1.39. The molecule has 1 aliphatic heterocycles.